The third-order valence-electron chi connectivity index (χ3n) is 5.86. The molecule has 31 heavy (non-hydrogen) atoms. The van der Waals surface area contributed by atoms with Crippen molar-refractivity contribution in [3.8, 4) is 0 Å². The van der Waals surface area contributed by atoms with E-state index < -0.39 is 10.0 Å². The summed E-state index contributed by atoms with van der Waals surface area (Å²) in [6, 6.07) is 22.1. The minimum atomic E-state index is -3.78. The maximum atomic E-state index is 13.1. The summed E-state index contributed by atoms with van der Waals surface area (Å²) < 4.78 is 29.0. The van der Waals surface area contributed by atoms with Crippen LogP contribution in [0.1, 0.15) is 18.4 Å². The second kappa shape index (κ2) is 7.74. The molecular formula is C24H23N3O3S. The first-order valence-corrected chi connectivity index (χ1v) is 11.9. The first-order chi connectivity index (χ1) is 15.0. The Kier molecular flexibility index (Phi) is 4.90. The van der Waals surface area contributed by atoms with Crippen LogP contribution in [-0.4, -0.2) is 27.4 Å². The van der Waals surface area contributed by atoms with Crippen LogP contribution >= 0.6 is 0 Å². The SMILES string of the molecule is O=C1CCCN1c1ccc(S(=O)(=O)Nc2ccccc2N2CCc3ccccc32)cc1. The molecular weight excluding hydrogens is 410 g/mol. The van der Waals surface area contributed by atoms with Gasteiger partial charge in [0.05, 0.1) is 16.3 Å². The summed E-state index contributed by atoms with van der Waals surface area (Å²) in [7, 11) is -3.78. The number of hydrogen-bond acceptors (Lipinski definition) is 4. The highest BCUT2D eigenvalue weighted by Gasteiger charge is 2.25. The summed E-state index contributed by atoms with van der Waals surface area (Å²) in [5, 5.41) is 0. The van der Waals surface area contributed by atoms with Gasteiger partial charge in [-0.25, -0.2) is 8.42 Å². The van der Waals surface area contributed by atoms with Crippen LogP contribution in [0, 0.1) is 0 Å². The average molecular weight is 434 g/mol. The van der Waals surface area contributed by atoms with Gasteiger partial charge in [0.1, 0.15) is 0 Å². The highest BCUT2D eigenvalue weighted by atomic mass is 32.2. The number of hydrogen-bond donors (Lipinski definition) is 1. The minimum absolute atomic E-state index is 0.0774. The normalized spacial score (nSPS) is 15.9. The predicted octanol–water partition coefficient (Wildman–Crippen LogP) is 4.31. The van der Waals surface area contributed by atoms with Crippen molar-refractivity contribution < 1.29 is 13.2 Å². The molecule has 0 aromatic heterocycles. The zero-order chi connectivity index (χ0) is 21.4. The highest BCUT2D eigenvalue weighted by Crippen LogP contribution is 2.38. The number of carbonyl (C=O) groups is 1. The molecule has 0 atom stereocenters. The Balaban J connectivity index is 1.42. The Labute approximate surface area is 182 Å². The Hall–Kier alpha value is -3.32. The molecule has 0 aliphatic carbocycles. The van der Waals surface area contributed by atoms with E-state index in [1.54, 1.807) is 35.2 Å². The number of fused-ring (bicyclic) bond motifs is 1. The Bertz CT molecular complexity index is 1240. The van der Waals surface area contributed by atoms with Gasteiger partial charge in [-0.15, -0.1) is 0 Å². The molecule has 1 N–H and O–H groups in total. The molecule has 3 aromatic rings. The lowest BCUT2D eigenvalue weighted by molar-refractivity contribution is -0.117. The standard InChI is InChI=1S/C24H23N3O3S/c28-24-10-5-16-26(24)19-11-13-20(14-12-19)31(29,30)25-21-7-2-4-9-23(21)27-17-15-18-6-1-3-8-22(18)27/h1-4,6-9,11-14,25H,5,10,15-17H2. The van der Waals surface area contributed by atoms with Crippen molar-refractivity contribution in [3.05, 3.63) is 78.4 Å². The molecule has 2 aliphatic rings. The van der Waals surface area contributed by atoms with Gasteiger partial charge < -0.3 is 9.80 Å². The van der Waals surface area contributed by atoms with Crippen molar-refractivity contribution in [1.29, 1.82) is 0 Å². The van der Waals surface area contributed by atoms with Crippen molar-refractivity contribution in [3.63, 3.8) is 0 Å². The molecule has 3 aromatic carbocycles. The maximum Gasteiger partial charge on any atom is 0.261 e. The average Bonchev–Trinajstić information content (AvgIpc) is 3.40. The predicted molar refractivity (Wildman–Crippen MR) is 122 cm³/mol. The molecule has 0 bridgehead atoms. The van der Waals surface area contributed by atoms with Crippen LogP contribution in [0.3, 0.4) is 0 Å². The molecule has 1 fully saturated rings. The lowest BCUT2D eigenvalue weighted by Crippen LogP contribution is -2.23. The number of nitrogens with one attached hydrogen (secondary N) is 1. The van der Waals surface area contributed by atoms with E-state index >= 15 is 0 Å². The van der Waals surface area contributed by atoms with Gasteiger partial charge in [0, 0.05) is 30.9 Å². The minimum Gasteiger partial charge on any atom is -0.339 e. The number of sulfonamides is 1. The number of nitrogens with zero attached hydrogens (tertiary/aromatic N) is 2. The first kappa shape index (κ1) is 19.6. The van der Waals surface area contributed by atoms with E-state index in [0.717, 1.165) is 36.4 Å². The molecule has 1 saturated heterocycles. The topological polar surface area (TPSA) is 69.7 Å². The van der Waals surface area contributed by atoms with Gasteiger partial charge in [0.2, 0.25) is 5.91 Å². The van der Waals surface area contributed by atoms with Crippen molar-refractivity contribution >= 4 is 38.7 Å². The number of carbonyl (C=O) groups excluding carboxylic acids is 1. The third-order valence-corrected chi connectivity index (χ3v) is 7.24. The summed E-state index contributed by atoms with van der Waals surface area (Å²) in [5.41, 5.74) is 4.46. The number of rotatable bonds is 5. The Morgan fingerprint density at radius 2 is 1.45 bits per heavy atom. The summed E-state index contributed by atoms with van der Waals surface area (Å²) >= 11 is 0. The highest BCUT2D eigenvalue weighted by molar-refractivity contribution is 7.92. The zero-order valence-electron chi connectivity index (χ0n) is 17.0. The van der Waals surface area contributed by atoms with Gasteiger partial charge in [-0.3, -0.25) is 9.52 Å². The molecule has 0 unspecified atom stereocenters. The summed E-state index contributed by atoms with van der Waals surface area (Å²) in [5.74, 6) is 0.0774. The van der Waals surface area contributed by atoms with Crippen LogP contribution < -0.4 is 14.5 Å². The lowest BCUT2D eigenvalue weighted by atomic mass is 10.2. The number of para-hydroxylation sites is 3. The van der Waals surface area contributed by atoms with Gasteiger partial charge in [-0.05, 0) is 60.9 Å². The van der Waals surface area contributed by atoms with E-state index in [2.05, 4.69) is 21.8 Å². The van der Waals surface area contributed by atoms with E-state index in [1.165, 1.54) is 5.56 Å². The molecule has 0 spiro atoms. The van der Waals surface area contributed by atoms with Crippen molar-refractivity contribution in [2.45, 2.75) is 24.2 Å². The fourth-order valence-electron chi connectivity index (χ4n) is 4.31. The first-order valence-electron chi connectivity index (χ1n) is 10.4. The van der Waals surface area contributed by atoms with Crippen molar-refractivity contribution in [1.82, 2.24) is 0 Å². The van der Waals surface area contributed by atoms with Crippen LogP contribution in [0.5, 0.6) is 0 Å². The van der Waals surface area contributed by atoms with E-state index in [4.69, 9.17) is 0 Å². The quantitative estimate of drug-likeness (QED) is 0.651. The summed E-state index contributed by atoms with van der Waals surface area (Å²) in [6.45, 7) is 1.48. The van der Waals surface area contributed by atoms with E-state index in [1.807, 2.05) is 30.3 Å². The molecule has 0 radical (unpaired) electrons. The Morgan fingerprint density at radius 3 is 2.19 bits per heavy atom. The van der Waals surface area contributed by atoms with Crippen LogP contribution in [0.15, 0.2) is 77.7 Å². The molecule has 6 nitrogen and oxygen atoms in total. The van der Waals surface area contributed by atoms with Gasteiger partial charge >= 0.3 is 0 Å². The van der Waals surface area contributed by atoms with Crippen LogP contribution in [0.2, 0.25) is 0 Å². The van der Waals surface area contributed by atoms with Crippen molar-refractivity contribution in [2.75, 3.05) is 27.6 Å². The molecule has 158 valence electrons. The molecule has 7 heteroatoms. The van der Waals surface area contributed by atoms with Gasteiger partial charge in [-0.2, -0.15) is 0 Å². The molecule has 5 rings (SSSR count). The Morgan fingerprint density at radius 1 is 0.742 bits per heavy atom. The zero-order valence-corrected chi connectivity index (χ0v) is 17.8. The van der Waals surface area contributed by atoms with Gasteiger partial charge in [0.25, 0.3) is 10.0 Å². The van der Waals surface area contributed by atoms with Crippen molar-refractivity contribution in [2.24, 2.45) is 0 Å². The van der Waals surface area contributed by atoms with Gasteiger partial charge in [-0.1, -0.05) is 30.3 Å². The van der Waals surface area contributed by atoms with Crippen LogP contribution in [0.4, 0.5) is 22.7 Å². The second-order valence-corrected chi connectivity index (χ2v) is 9.48. The largest absolute Gasteiger partial charge is 0.339 e. The van der Waals surface area contributed by atoms with Crippen LogP contribution in [0.25, 0.3) is 0 Å². The fraction of sp³-hybridized carbons (Fsp3) is 0.208. The molecule has 0 saturated carbocycles. The molecule has 2 heterocycles. The van der Waals surface area contributed by atoms with Gasteiger partial charge in [0.15, 0.2) is 0 Å². The molecule has 1 amide bonds. The fourth-order valence-corrected chi connectivity index (χ4v) is 5.39. The summed E-state index contributed by atoms with van der Waals surface area (Å²) in [4.78, 5) is 16.0. The third kappa shape index (κ3) is 3.65. The second-order valence-electron chi connectivity index (χ2n) is 7.80. The summed E-state index contributed by atoms with van der Waals surface area (Å²) in [6.07, 6.45) is 2.29. The number of anilines is 4. The maximum absolute atomic E-state index is 13.1. The van der Waals surface area contributed by atoms with E-state index in [0.29, 0.717) is 18.7 Å². The lowest BCUT2D eigenvalue weighted by Gasteiger charge is -2.23. The monoisotopic (exact) mass is 433 g/mol. The number of benzene rings is 3. The van der Waals surface area contributed by atoms with Crippen LogP contribution in [-0.2, 0) is 21.2 Å². The molecule has 2 aliphatic heterocycles. The smallest absolute Gasteiger partial charge is 0.261 e. The number of amides is 1. The van der Waals surface area contributed by atoms with E-state index in [-0.39, 0.29) is 10.8 Å². The van der Waals surface area contributed by atoms with E-state index in [9.17, 15) is 13.2 Å².